The molecule has 0 saturated carbocycles. The molecule has 1 aromatic heterocycles. The van der Waals surface area contributed by atoms with E-state index in [2.05, 4.69) is 10.3 Å². The smallest absolute Gasteiger partial charge is 0.261 e. The third kappa shape index (κ3) is 4.24. The standard InChI is InChI=1S/C24H21ClN2O5/c1-31-21-8-3-13(11-22(21)32-2)14-9-19-17(20(28)10-14)12-18(24(30)27-19)23(29)26-16-6-4-15(25)5-7-16/h3-8,11-12,14H,9-10H2,1-2H3,(H,26,29)(H,27,30). The van der Waals surface area contributed by atoms with Crippen molar-refractivity contribution in [3.8, 4) is 11.5 Å². The zero-order valence-electron chi connectivity index (χ0n) is 17.5. The van der Waals surface area contributed by atoms with Gasteiger partial charge in [0.15, 0.2) is 17.3 Å². The van der Waals surface area contributed by atoms with Gasteiger partial charge in [-0.25, -0.2) is 0 Å². The first kappa shape index (κ1) is 21.6. The minimum absolute atomic E-state index is 0.114. The largest absolute Gasteiger partial charge is 0.493 e. The molecule has 0 aliphatic heterocycles. The molecule has 2 aromatic carbocycles. The van der Waals surface area contributed by atoms with E-state index in [0.29, 0.717) is 39.9 Å². The fourth-order valence-electron chi connectivity index (χ4n) is 3.87. The second kappa shape index (κ2) is 8.88. The summed E-state index contributed by atoms with van der Waals surface area (Å²) in [6.45, 7) is 0. The second-order valence-electron chi connectivity index (χ2n) is 7.51. The Labute approximate surface area is 189 Å². The Hall–Kier alpha value is -3.58. The van der Waals surface area contributed by atoms with Crippen molar-refractivity contribution in [2.24, 2.45) is 0 Å². The average Bonchev–Trinajstić information content (AvgIpc) is 2.79. The van der Waals surface area contributed by atoms with Crippen LogP contribution >= 0.6 is 11.6 Å². The number of aromatic nitrogens is 1. The van der Waals surface area contributed by atoms with Crippen molar-refractivity contribution in [2.45, 2.75) is 18.8 Å². The van der Waals surface area contributed by atoms with Gasteiger partial charge in [0.25, 0.3) is 11.5 Å². The van der Waals surface area contributed by atoms with E-state index in [1.165, 1.54) is 6.07 Å². The number of fused-ring (bicyclic) bond motifs is 1. The van der Waals surface area contributed by atoms with E-state index in [4.69, 9.17) is 21.1 Å². The predicted molar refractivity (Wildman–Crippen MR) is 121 cm³/mol. The van der Waals surface area contributed by atoms with Crippen LogP contribution in [0, 0.1) is 0 Å². The number of nitrogens with one attached hydrogen (secondary N) is 2. The van der Waals surface area contributed by atoms with E-state index < -0.39 is 11.5 Å². The van der Waals surface area contributed by atoms with E-state index in [0.717, 1.165) is 5.56 Å². The highest BCUT2D eigenvalue weighted by atomic mass is 35.5. The molecule has 0 spiro atoms. The number of methoxy groups -OCH3 is 2. The summed E-state index contributed by atoms with van der Waals surface area (Å²) in [6.07, 6.45) is 0.720. The molecule has 0 bridgehead atoms. The molecule has 1 heterocycles. The van der Waals surface area contributed by atoms with E-state index in [9.17, 15) is 14.4 Å². The summed E-state index contributed by atoms with van der Waals surface area (Å²) in [5.41, 5.74) is 1.63. The Morgan fingerprint density at radius 1 is 1.00 bits per heavy atom. The van der Waals surface area contributed by atoms with Gasteiger partial charge < -0.3 is 19.8 Å². The number of hydrogen-bond donors (Lipinski definition) is 2. The minimum atomic E-state index is -0.591. The SMILES string of the molecule is COc1ccc(C2CC(=O)c3cc(C(=O)Nc4ccc(Cl)cc4)c(=O)[nH]c3C2)cc1OC. The quantitative estimate of drug-likeness (QED) is 0.604. The number of rotatable bonds is 5. The van der Waals surface area contributed by atoms with Crippen molar-refractivity contribution < 1.29 is 19.1 Å². The normalized spacial score (nSPS) is 15.1. The van der Waals surface area contributed by atoms with Crippen LogP contribution in [0.25, 0.3) is 0 Å². The van der Waals surface area contributed by atoms with Gasteiger partial charge in [0.1, 0.15) is 5.56 Å². The van der Waals surface area contributed by atoms with Crippen molar-refractivity contribution in [1.29, 1.82) is 0 Å². The van der Waals surface area contributed by atoms with Gasteiger partial charge in [-0.15, -0.1) is 0 Å². The Balaban J connectivity index is 1.61. The molecule has 1 aliphatic rings. The number of pyridine rings is 1. The Kier molecular flexibility index (Phi) is 6.01. The minimum Gasteiger partial charge on any atom is -0.493 e. The lowest BCUT2D eigenvalue weighted by Gasteiger charge is -2.24. The van der Waals surface area contributed by atoms with Crippen LogP contribution in [0.1, 0.15) is 44.3 Å². The van der Waals surface area contributed by atoms with E-state index in [-0.39, 0.29) is 23.7 Å². The van der Waals surface area contributed by atoms with Crippen LogP contribution in [0.4, 0.5) is 5.69 Å². The molecule has 4 rings (SSSR count). The number of hydrogen-bond acceptors (Lipinski definition) is 5. The van der Waals surface area contributed by atoms with Gasteiger partial charge in [-0.1, -0.05) is 17.7 Å². The van der Waals surface area contributed by atoms with Crippen molar-refractivity contribution in [3.05, 3.63) is 86.3 Å². The lowest BCUT2D eigenvalue weighted by Crippen LogP contribution is -2.29. The monoisotopic (exact) mass is 452 g/mol. The zero-order valence-corrected chi connectivity index (χ0v) is 18.3. The Bertz CT molecular complexity index is 1250. The van der Waals surface area contributed by atoms with Crippen LogP contribution in [-0.4, -0.2) is 30.9 Å². The number of carbonyl (C=O) groups is 2. The molecule has 0 radical (unpaired) electrons. The summed E-state index contributed by atoms with van der Waals surface area (Å²) in [5.74, 6) is 0.322. The number of halogens is 1. The molecule has 3 aromatic rings. The molecule has 164 valence electrons. The third-order valence-electron chi connectivity index (χ3n) is 5.53. The Morgan fingerprint density at radius 3 is 2.41 bits per heavy atom. The molecule has 2 N–H and O–H groups in total. The summed E-state index contributed by atoms with van der Waals surface area (Å²) in [7, 11) is 3.11. The molecule has 1 amide bonds. The number of benzene rings is 2. The number of anilines is 1. The fraction of sp³-hybridized carbons (Fsp3) is 0.208. The van der Waals surface area contributed by atoms with Gasteiger partial charge in [0.2, 0.25) is 0 Å². The molecule has 7 nitrogen and oxygen atoms in total. The average molecular weight is 453 g/mol. The van der Waals surface area contributed by atoms with E-state index in [1.54, 1.807) is 44.6 Å². The molecule has 1 unspecified atom stereocenters. The summed E-state index contributed by atoms with van der Waals surface area (Å²) < 4.78 is 10.6. The highest BCUT2D eigenvalue weighted by molar-refractivity contribution is 6.30. The number of H-pyrrole nitrogens is 1. The van der Waals surface area contributed by atoms with Gasteiger partial charge in [0.05, 0.1) is 14.2 Å². The van der Waals surface area contributed by atoms with Crippen LogP contribution in [0.2, 0.25) is 5.02 Å². The van der Waals surface area contributed by atoms with Crippen molar-refractivity contribution >= 4 is 29.0 Å². The van der Waals surface area contributed by atoms with Crippen LogP contribution < -0.4 is 20.3 Å². The highest BCUT2D eigenvalue weighted by Crippen LogP contribution is 2.36. The van der Waals surface area contributed by atoms with Gasteiger partial charge in [0, 0.05) is 28.4 Å². The second-order valence-corrected chi connectivity index (χ2v) is 7.94. The molecule has 0 fully saturated rings. The number of ketones is 1. The highest BCUT2D eigenvalue weighted by Gasteiger charge is 2.29. The van der Waals surface area contributed by atoms with Crippen LogP contribution in [-0.2, 0) is 6.42 Å². The molecule has 8 heteroatoms. The van der Waals surface area contributed by atoms with Crippen LogP contribution in [0.3, 0.4) is 0 Å². The fourth-order valence-corrected chi connectivity index (χ4v) is 4.00. The molecule has 0 saturated heterocycles. The summed E-state index contributed by atoms with van der Waals surface area (Å²) in [4.78, 5) is 40.9. The van der Waals surface area contributed by atoms with Gasteiger partial charge >= 0.3 is 0 Å². The van der Waals surface area contributed by atoms with Gasteiger partial charge in [-0.2, -0.15) is 0 Å². The number of amides is 1. The lowest BCUT2D eigenvalue weighted by molar-refractivity contribution is 0.0963. The summed E-state index contributed by atoms with van der Waals surface area (Å²) in [6, 6.07) is 13.4. The number of carbonyl (C=O) groups excluding carboxylic acids is 2. The van der Waals surface area contributed by atoms with Gasteiger partial charge in [-0.3, -0.25) is 14.4 Å². The molecular weight excluding hydrogens is 432 g/mol. The maximum Gasteiger partial charge on any atom is 0.261 e. The first-order valence-electron chi connectivity index (χ1n) is 9.98. The first-order chi connectivity index (χ1) is 15.4. The first-order valence-corrected chi connectivity index (χ1v) is 10.4. The van der Waals surface area contributed by atoms with Crippen molar-refractivity contribution in [3.63, 3.8) is 0 Å². The van der Waals surface area contributed by atoms with E-state index >= 15 is 0 Å². The van der Waals surface area contributed by atoms with Crippen LogP contribution in [0.5, 0.6) is 11.5 Å². The predicted octanol–water partition coefficient (Wildman–Crippen LogP) is 4.21. The van der Waals surface area contributed by atoms with Crippen molar-refractivity contribution in [2.75, 3.05) is 19.5 Å². The Morgan fingerprint density at radius 2 is 1.72 bits per heavy atom. The maximum atomic E-state index is 12.9. The molecule has 1 atom stereocenters. The molecule has 32 heavy (non-hydrogen) atoms. The van der Waals surface area contributed by atoms with Crippen molar-refractivity contribution in [1.82, 2.24) is 4.98 Å². The maximum absolute atomic E-state index is 12.9. The molecular formula is C24H21ClN2O5. The zero-order chi connectivity index (χ0) is 22.8. The summed E-state index contributed by atoms with van der Waals surface area (Å²) in [5, 5.41) is 3.18. The van der Waals surface area contributed by atoms with Gasteiger partial charge in [-0.05, 0) is 60.4 Å². The topological polar surface area (TPSA) is 97.5 Å². The summed E-state index contributed by atoms with van der Waals surface area (Å²) >= 11 is 5.86. The number of Topliss-reactive ketones (excluding diaryl/α,β-unsaturated/α-hetero) is 1. The number of ether oxygens (including phenoxy) is 2. The number of aromatic amines is 1. The van der Waals surface area contributed by atoms with Crippen LogP contribution in [0.15, 0.2) is 53.3 Å². The van der Waals surface area contributed by atoms with E-state index in [1.807, 2.05) is 12.1 Å². The lowest BCUT2D eigenvalue weighted by atomic mass is 9.81. The molecule has 1 aliphatic carbocycles. The third-order valence-corrected chi connectivity index (χ3v) is 5.78.